The molecule has 0 aliphatic carbocycles. The van der Waals surface area contributed by atoms with Crippen molar-refractivity contribution in [3.05, 3.63) is 71.2 Å². The highest BCUT2D eigenvalue weighted by Crippen LogP contribution is 2.35. The number of halogens is 1. The van der Waals surface area contributed by atoms with Gasteiger partial charge in [-0.15, -0.1) is 0 Å². The minimum absolute atomic E-state index is 0.119. The number of ketones is 1. The summed E-state index contributed by atoms with van der Waals surface area (Å²) in [5.41, 5.74) is 3.43. The number of fused-ring (bicyclic) bond motifs is 1. The Balaban J connectivity index is 2.05. The van der Waals surface area contributed by atoms with Crippen LogP contribution in [-0.2, 0) is 0 Å². The number of hydrogen-bond acceptors (Lipinski definition) is 1. The van der Waals surface area contributed by atoms with E-state index in [2.05, 4.69) is 5.32 Å². The lowest BCUT2D eigenvalue weighted by Gasteiger charge is -2.04. The lowest BCUT2D eigenvalue weighted by atomic mass is 9.97. The molecular formula is C16H11FNO. The monoisotopic (exact) mass is 252 g/mol. The van der Waals surface area contributed by atoms with Crippen LogP contribution in [0, 0.1) is 5.82 Å². The van der Waals surface area contributed by atoms with Gasteiger partial charge >= 0.3 is 0 Å². The lowest BCUT2D eigenvalue weighted by Crippen LogP contribution is -2.03. The van der Waals surface area contributed by atoms with E-state index in [4.69, 9.17) is 0 Å². The highest BCUT2D eigenvalue weighted by atomic mass is 19.1. The summed E-state index contributed by atoms with van der Waals surface area (Å²) in [6.45, 7) is 1.82. The molecule has 0 saturated carbocycles. The van der Waals surface area contributed by atoms with Crippen LogP contribution in [0.3, 0.4) is 0 Å². The zero-order valence-corrected chi connectivity index (χ0v) is 10.4. The first kappa shape index (κ1) is 11.7. The third-order valence-corrected chi connectivity index (χ3v) is 3.16. The molecule has 2 nitrogen and oxygen atoms in total. The molecular weight excluding hydrogens is 241 g/mol. The molecule has 3 rings (SSSR count). The van der Waals surface area contributed by atoms with Crippen LogP contribution in [0.15, 0.2) is 54.2 Å². The molecule has 93 valence electrons. The second-order valence-electron chi connectivity index (χ2n) is 4.43. The van der Waals surface area contributed by atoms with Gasteiger partial charge in [-0.3, -0.25) is 10.1 Å². The molecule has 0 amide bonds. The van der Waals surface area contributed by atoms with Crippen molar-refractivity contribution in [2.75, 3.05) is 0 Å². The number of nitrogens with zero attached hydrogens (tertiary/aromatic N) is 1. The Morgan fingerprint density at radius 3 is 2.47 bits per heavy atom. The van der Waals surface area contributed by atoms with Gasteiger partial charge in [0.05, 0.1) is 11.3 Å². The molecule has 0 bridgehead atoms. The van der Waals surface area contributed by atoms with Crippen LogP contribution < -0.4 is 5.32 Å². The van der Waals surface area contributed by atoms with Crippen LogP contribution in [0.25, 0.3) is 5.57 Å². The van der Waals surface area contributed by atoms with Crippen molar-refractivity contribution in [3.63, 3.8) is 0 Å². The summed E-state index contributed by atoms with van der Waals surface area (Å²) in [6, 6.07) is 13.1. The summed E-state index contributed by atoms with van der Waals surface area (Å²) < 4.78 is 12.9. The standard InChI is InChI=1S/C16H11FNO/c1-10-15(13-4-2-3-5-14(13)18-10)16(19)11-6-8-12(17)9-7-11/h2-9H,1H3. The predicted molar refractivity (Wildman–Crippen MR) is 71.6 cm³/mol. The number of para-hydroxylation sites is 1. The largest absolute Gasteiger partial charge is 0.289 e. The Morgan fingerprint density at radius 1 is 1.05 bits per heavy atom. The summed E-state index contributed by atoms with van der Waals surface area (Å²) in [4.78, 5) is 12.5. The molecule has 1 aliphatic heterocycles. The number of carbonyl (C=O) groups excluding carboxylic acids is 1. The highest BCUT2D eigenvalue weighted by molar-refractivity contribution is 6.31. The lowest BCUT2D eigenvalue weighted by molar-refractivity contribution is 0.105. The number of rotatable bonds is 2. The van der Waals surface area contributed by atoms with E-state index in [9.17, 15) is 9.18 Å². The van der Waals surface area contributed by atoms with E-state index in [1.807, 2.05) is 31.2 Å². The Hall–Kier alpha value is -2.42. The van der Waals surface area contributed by atoms with E-state index in [0.717, 1.165) is 11.3 Å². The van der Waals surface area contributed by atoms with Gasteiger partial charge in [-0.05, 0) is 37.3 Å². The van der Waals surface area contributed by atoms with Gasteiger partial charge in [-0.2, -0.15) is 0 Å². The van der Waals surface area contributed by atoms with Crippen molar-refractivity contribution >= 4 is 17.0 Å². The van der Waals surface area contributed by atoms with E-state index in [1.54, 1.807) is 0 Å². The quantitative estimate of drug-likeness (QED) is 0.750. The maximum absolute atomic E-state index is 12.9. The fraction of sp³-hybridized carbons (Fsp3) is 0.0625. The fourth-order valence-corrected chi connectivity index (χ4v) is 2.25. The van der Waals surface area contributed by atoms with Crippen LogP contribution >= 0.6 is 0 Å². The minimum atomic E-state index is -0.348. The van der Waals surface area contributed by atoms with Gasteiger partial charge in [0.2, 0.25) is 0 Å². The van der Waals surface area contributed by atoms with Crippen molar-refractivity contribution < 1.29 is 9.18 Å². The Kier molecular flexibility index (Phi) is 2.67. The Bertz CT molecular complexity index is 686. The van der Waals surface area contributed by atoms with Gasteiger partial charge in [0.25, 0.3) is 0 Å². The summed E-state index contributed by atoms with van der Waals surface area (Å²) >= 11 is 0. The third-order valence-electron chi connectivity index (χ3n) is 3.16. The maximum atomic E-state index is 12.9. The van der Waals surface area contributed by atoms with Gasteiger partial charge in [-0.1, -0.05) is 18.2 Å². The molecule has 0 saturated heterocycles. The van der Waals surface area contributed by atoms with E-state index in [1.165, 1.54) is 24.3 Å². The average molecular weight is 252 g/mol. The van der Waals surface area contributed by atoms with Gasteiger partial charge in [0.15, 0.2) is 5.78 Å². The molecule has 2 aromatic carbocycles. The molecule has 0 atom stereocenters. The van der Waals surface area contributed by atoms with Crippen LogP contribution in [0.5, 0.6) is 0 Å². The highest BCUT2D eigenvalue weighted by Gasteiger charge is 2.25. The normalized spacial score (nSPS) is 13.2. The van der Waals surface area contributed by atoms with Crippen LogP contribution in [0.4, 0.5) is 10.1 Å². The number of Topliss-reactive ketones (excluding diaryl/α,β-unsaturated/α-hetero) is 1. The fourth-order valence-electron chi connectivity index (χ4n) is 2.25. The van der Waals surface area contributed by atoms with E-state index >= 15 is 0 Å². The van der Waals surface area contributed by atoms with E-state index in [-0.39, 0.29) is 11.6 Å². The molecule has 1 radical (unpaired) electrons. The first-order chi connectivity index (χ1) is 9.16. The molecule has 2 aromatic rings. The molecule has 0 fully saturated rings. The molecule has 1 aliphatic rings. The summed E-state index contributed by atoms with van der Waals surface area (Å²) in [6.07, 6.45) is 0. The Morgan fingerprint density at radius 2 is 1.74 bits per heavy atom. The molecule has 0 N–H and O–H groups in total. The zero-order chi connectivity index (χ0) is 13.4. The van der Waals surface area contributed by atoms with E-state index in [0.29, 0.717) is 16.8 Å². The predicted octanol–water partition coefficient (Wildman–Crippen LogP) is 3.69. The molecule has 0 spiro atoms. The van der Waals surface area contributed by atoms with Crippen molar-refractivity contribution in [1.82, 2.24) is 5.32 Å². The molecule has 3 heteroatoms. The van der Waals surface area contributed by atoms with Crippen LogP contribution in [0.1, 0.15) is 22.8 Å². The van der Waals surface area contributed by atoms with Gasteiger partial charge in [-0.25, -0.2) is 4.39 Å². The molecule has 0 aromatic heterocycles. The van der Waals surface area contributed by atoms with E-state index < -0.39 is 0 Å². The van der Waals surface area contributed by atoms with Crippen LogP contribution in [0.2, 0.25) is 0 Å². The first-order valence-electron chi connectivity index (χ1n) is 5.99. The third kappa shape index (κ3) is 1.93. The zero-order valence-electron chi connectivity index (χ0n) is 10.4. The summed E-state index contributed by atoms with van der Waals surface area (Å²) in [7, 11) is 0. The number of benzene rings is 2. The minimum Gasteiger partial charge on any atom is -0.289 e. The van der Waals surface area contributed by atoms with Gasteiger partial charge in [0.1, 0.15) is 5.82 Å². The van der Waals surface area contributed by atoms with Crippen molar-refractivity contribution in [2.24, 2.45) is 0 Å². The average Bonchev–Trinajstić information content (AvgIpc) is 2.74. The summed E-state index contributed by atoms with van der Waals surface area (Å²) in [5.74, 6) is -0.468. The maximum Gasteiger partial charge on any atom is 0.195 e. The molecule has 19 heavy (non-hydrogen) atoms. The number of allylic oxidation sites excluding steroid dienone is 2. The van der Waals surface area contributed by atoms with Crippen molar-refractivity contribution in [3.8, 4) is 0 Å². The Labute approximate surface area is 110 Å². The molecule has 0 unspecified atom stereocenters. The molecule has 1 heterocycles. The number of hydrogen-bond donors (Lipinski definition) is 0. The second kappa shape index (κ2) is 4.35. The van der Waals surface area contributed by atoms with Crippen molar-refractivity contribution in [1.29, 1.82) is 0 Å². The number of carbonyl (C=O) groups is 1. The summed E-state index contributed by atoms with van der Waals surface area (Å²) in [5, 5.41) is 4.38. The van der Waals surface area contributed by atoms with Gasteiger partial charge in [0, 0.05) is 16.8 Å². The van der Waals surface area contributed by atoms with Crippen LogP contribution in [-0.4, -0.2) is 5.78 Å². The topological polar surface area (TPSA) is 31.2 Å². The second-order valence-corrected chi connectivity index (χ2v) is 4.43. The van der Waals surface area contributed by atoms with Gasteiger partial charge < -0.3 is 0 Å². The SMILES string of the molecule is CC1=C(C(=O)c2ccc(F)cc2)c2ccccc2[N]1. The van der Waals surface area contributed by atoms with Crippen molar-refractivity contribution in [2.45, 2.75) is 6.92 Å². The first-order valence-corrected chi connectivity index (χ1v) is 5.99. The smallest absolute Gasteiger partial charge is 0.195 e.